The Morgan fingerprint density at radius 2 is 1.41 bits per heavy atom. The Kier molecular flexibility index (Phi) is 9.35. The number of nitrogens with zero attached hydrogens (tertiary/aromatic N) is 4. The summed E-state index contributed by atoms with van der Waals surface area (Å²) in [5, 5.41) is 3.04. The first-order valence-corrected chi connectivity index (χ1v) is 14.2. The summed E-state index contributed by atoms with van der Waals surface area (Å²) < 4.78 is 0. The molecule has 0 bridgehead atoms. The molecule has 5 rings (SSSR count). The number of piperazine rings is 1. The molecule has 2 aliphatic heterocycles. The van der Waals surface area contributed by atoms with Crippen LogP contribution in [0.25, 0.3) is 0 Å². The van der Waals surface area contributed by atoms with Crippen molar-refractivity contribution in [3.05, 3.63) is 101 Å². The normalized spacial score (nSPS) is 17.2. The van der Waals surface area contributed by atoms with Gasteiger partial charge in [-0.2, -0.15) is 0 Å². The third-order valence-corrected chi connectivity index (χ3v) is 7.91. The molecule has 204 valence electrons. The highest BCUT2D eigenvalue weighted by molar-refractivity contribution is 5.94. The molecule has 0 atom stereocenters. The fourth-order valence-electron chi connectivity index (χ4n) is 5.61. The van der Waals surface area contributed by atoms with Crippen molar-refractivity contribution in [3.63, 3.8) is 0 Å². The van der Waals surface area contributed by atoms with Crippen LogP contribution in [0, 0.1) is 5.92 Å². The van der Waals surface area contributed by atoms with Crippen LogP contribution in [0.4, 0.5) is 0 Å². The number of benzene rings is 2. The summed E-state index contributed by atoms with van der Waals surface area (Å²) in [6.07, 6.45) is 6.37. The van der Waals surface area contributed by atoms with E-state index in [1.54, 1.807) is 0 Å². The summed E-state index contributed by atoms with van der Waals surface area (Å²) in [7, 11) is 0. The third kappa shape index (κ3) is 7.74. The Hall–Kier alpha value is -3.55. The van der Waals surface area contributed by atoms with E-state index in [0.29, 0.717) is 18.0 Å². The number of hydrogen-bond donors (Lipinski definition) is 1. The van der Waals surface area contributed by atoms with Crippen LogP contribution in [-0.2, 0) is 24.3 Å². The average molecular weight is 526 g/mol. The van der Waals surface area contributed by atoms with Gasteiger partial charge >= 0.3 is 0 Å². The smallest absolute Gasteiger partial charge is 0.251 e. The number of hydrogen-bond acceptors (Lipinski definition) is 5. The average Bonchev–Trinajstić information content (AvgIpc) is 2.99. The Bertz CT molecular complexity index is 1200. The maximum Gasteiger partial charge on any atom is 0.251 e. The number of pyridine rings is 1. The molecule has 2 saturated heterocycles. The van der Waals surface area contributed by atoms with Crippen molar-refractivity contribution in [2.45, 2.75) is 32.4 Å². The highest BCUT2D eigenvalue weighted by atomic mass is 16.2. The fourth-order valence-corrected chi connectivity index (χ4v) is 5.61. The number of carbonyl (C=O) groups is 2. The highest BCUT2D eigenvalue weighted by Crippen LogP contribution is 2.22. The molecule has 0 aliphatic carbocycles. The second kappa shape index (κ2) is 13.5. The monoisotopic (exact) mass is 525 g/mol. The standard InChI is InChI=1S/C32H39N5O2/c38-31(34-16-11-26-5-2-1-3-6-26)30-8-4-7-28(23-30)25-36-19-21-37(22-20-36)32(39)29-12-17-35(18-13-29)24-27-9-14-33-15-10-27/h1-10,14-15,23,29H,11-13,16-22,24-25H2,(H,34,38). The maximum absolute atomic E-state index is 13.2. The number of carbonyl (C=O) groups excluding carboxylic acids is 2. The van der Waals surface area contributed by atoms with Gasteiger partial charge in [-0.05, 0) is 73.3 Å². The Morgan fingerprint density at radius 3 is 2.15 bits per heavy atom. The molecule has 0 unspecified atom stereocenters. The highest BCUT2D eigenvalue weighted by Gasteiger charge is 2.30. The van der Waals surface area contributed by atoms with Crippen LogP contribution in [0.15, 0.2) is 79.1 Å². The molecular formula is C32H39N5O2. The fraction of sp³-hybridized carbons (Fsp3) is 0.406. The number of rotatable bonds is 9. The van der Waals surface area contributed by atoms with E-state index < -0.39 is 0 Å². The second-order valence-corrected chi connectivity index (χ2v) is 10.7. The van der Waals surface area contributed by atoms with Crippen molar-refractivity contribution in [2.75, 3.05) is 45.8 Å². The van der Waals surface area contributed by atoms with E-state index in [9.17, 15) is 9.59 Å². The summed E-state index contributed by atoms with van der Waals surface area (Å²) in [5.41, 5.74) is 4.33. The zero-order valence-corrected chi connectivity index (χ0v) is 22.7. The van der Waals surface area contributed by atoms with Crippen molar-refractivity contribution < 1.29 is 9.59 Å². The zero-order valence-electron chi connectivity index (χ0n) is 22.7. The van der Waals surface area contributed by atoms with E-state index in [0.717, 1.165) is 77.2 Å². The van der Waals surface area contributed by atoms with Gasteiger partial charge in [0, 0.05) is 69.7 Å². The van der Waals surface area contributed by atoms with Crippen molar-refractivity contribution >= 4 is 11.8 Å². The van der Waals surface area contributed by atoms with Gasteiger partial charge in [-0.3, -0.25) is 24.4 Å². The van der Waals surface area contributed by atoms with Gasteiger partial charge in [0.2, 0.25) is 5.91 Å². The van der Waals surface area contributed by atoms with Crippen LogP contribution >= 0.6 is 0 Å². The number of piperidine rings is 1. The summed E-state index contributed by atoms with van der Waals surface area (Å²) in [5.74, 6) is 0.435. The molecule has 7 heteroatoms. The minimum Gasteiger partial charge on any atom is -0.352 e. The summed E-state index contributed by atoms with van der Waals surface area (Å²) >= 11 is 0. The van der Waals surface area contributed by atoms with Gasteiger partial charge in [-0.15, -0.1) is 0 Å². The van der Waals surface area contributed by atoms with Crippen LogP contribution in [0.5, 0.6) is 0 Å². The molecule has 3 heterocycles. The Labute approximate surface area is 231 Å². The van der Waals surface area contributed by atoms with Gasteiger partial charge in [-0.1, -0.05) is 42.5 Å². The lowest BCUT2D eigenvalue weighted by Crippen LogP contribution is -2.51. The number of amides is 2. The molecule has 2 aliphatic rings. The molecule has 1 N–H and O–H groups in total. The number of likely N-dealkylation sites (tertiary alicyclic amines) is 1. The first-order chi connectivity index (χ1) is 19.1. The van der Waals surface area contributed by atoms with E-state index in [1.807, 2.05) is 48.8 Å². The van der Waals surface area contributed by atoms with Crippen molar-refractivity contribution in [3.8, 4) is 0 Å². The lowest BCUT2D eigenvalue weighted by atomic mass is 9.94. The van der Waals surface area contributed by atoms with Crippen LogP contribution in [-0.4, -0.2) is 77.3 Å². The lowest BCUT2D eigenvalue weighted by Gasteiger charge is -2.38. The number of aromatic nitrogens is 1. The van der Waals surface area contributed by atoms with Crippen LogP contribution in [0.3, 0.4) is 0 Å². The first-order valence-electron chi connectivity index (χ1n) is 14.2. The minimum atomic E-state index is -0.0324. The summed E-state index contributed by atoms with van der Waals surface area (Å²) in [6.45, 7) is 7.54. The van der Waals surface area contributed by atoms with E-state index in [1.165, 1.54) is 11.1 Å². The van der Waals surface area contributed by atoms with Gasteiger partial charge in [-0.25, -0.2) is 0 Å². The predicted molar refractivity (Wildman–Crippen MR) is 153 cm³/mol. The predicted octanol–water partition coefficient (Wildman–Crippen LogP) is 3.61. The SMILES string of the molecule is O=C(NCCc1ccccc1)c1cccc(CN2CCN(C(=O)C3CCN(Cc4ccncc4)CC3)CC2)c1. The third-order valence-electron chi connectivity index (χ3n) is 7.91. The van der Waals surface area contributed by atoms with Crippen molar-refractivity contribution in [2.24, 2.45) is 5.92 Å². The molecule has 7 nitrogen and oxygen atoms in total. The summed E-state index contributed by atoms with van der Waals surface area (Å²) in [4.78, 5) is 36.9. The van der Waals surface area contributed by atoms with Gasteiger partial charge in [0.25, 0.3) is 5.91 Å². The van der Waals surface area contributed by atoms with E-state index in [4.69, 9.17) is 0 Å². The van der Waals surface area contributed by atoms with Crippen LogP contribution in [0.1, 0.15) is 39.9 Å². The van der Waals surface area contributed by atoms with E-state index >= 15 is 0 Å². The van der Waals surface area contributed by atoms with Crippen molar-refractivity contribution in [1.82, 2.24) is 25.0 Å². The molecule has 0 saturated carbocycles. The molecule has 2 amide bonds. The van der Waals surface area contributed by atoms with Gasteiger partial charge < -0.3 is 10.2 Å². The van der Waals surface area contributed by atoms with Crippen molar-refractivity contribution in [1.29, 1.82) is 0 Å². The number of nitrogens with one attached hydrogen (secondary N) is 1. The molecule has 39 heavy (non-hydrogen) atoms. The Balaban J connectivity index is 1.03. The lowest BCUT2D eigenvalue weighted by molar-refractivity contribution is -0.139. The Morgan fingerprint density at radius 1 is 0.744 bits per heavy atom. The quantitative estimate of drug-likeness (QED) is 0.462. The van der Waals surface area contributed by atoms with Crippen LogP contribution < -0.4 is 5.32 Å². The molecule has 3 aromatic rings. The van der Waals surface area contributed by atoms with Crippen LogP contribution in [0.2, 0.25) is 0 Å². The van der Waals surface area contributed by atoms with Gasteiger partial charge in [0.15, 0.2) is 0 Å². The maximum atomic E-state index is 13.2. The summed E-state index contributed by atoms with van der Waals surface area (Å²) in [6, 6.07) is 22.2. The topological polar surface area (TPSA) is 68.8 Å². The molecule has 1 aromatic heterocycles. The first kappa shape index (κ1) is 27.0. The van der Waals surface area contributed by atoms with Gasteiger partial charge in [0.1, 0.15) is 0 Å². The van der Waals surface area contributed by atoms with Gasteiger partial charge in [0.05, 0.1) is 0 Å². The largest absolute Gasteiger partial charge is 0.352 e. The second-order valence-electron chi connectivity index (χ2n) is 10.7. The molecule has 0 radical (unpaired) electrons. The van der Waals surface area contributed by atoms with E-state index in [-0.39, 0.29) is 11.8 Å². The molecule has 2 aromatic carbocycles. The molecule has 2 fully saturated rings. The van der Waals surface area contributed by atoms with E-state index in [2.05, 4.69) is 55.3 Å². The zero-order chi connectivity index (χ0) is 26.9. The molecular weight excluding hydrogens is 486 g/mol. The minimum absolute atomic E-state index is 0.0324. The molecule has 0 spiro atoms.